The van der Waals surface area contributed by atoms with Crippen LogP contribution in [-0.2, 0) is 6.54 Å². The van der Waals surface area contributed by atoms with E-state index in [1.54, 1.807) is 13.0 Å². The van der Waals surface area contributed by atoms with Gasteiger partial charge in [-0.25, -0.2) is 0 Å². The molecule has 1 aromatic carbocycles. The summed E-state index contributed by atoms with van der Waals surface area (Å²) in [6.45, 7) is 5.98. The van der Waals surface area contributed by atoms with Crippen molar-refractivity contribution in [1.29, 1.82) is 0 Å². The fourth-order valence-electron chi connectivity index (χ4n) is 2.50. The number of amides is 1. The van der Waals surface area contributed by atoms with E-state index in [0.717, 1.165) is 15.8 Å². The van der Waals surface area contributed by atoms with Gasteiger partial charge < -0.3 is 8.98 Å². The fraction of sp³-hybridized carbons (Fsp3) is 0.222. The Morgan fingerprint density at radius 3 is 2.78 bits per heavy atom. The minimum absolute atomic E-state index is 0.312. The number of benzene rings is 1. The summed E-state index contributed by atoms with van der Waals surface area (Å²) in [7, 11) is 0. The third-order valence-corrected chi connectivity index (χ3v) is 4.60. The fourth-order valence-corrected chi connectivity index (χ4v) is 3.63. The number of fused-ring (bicyclic) bond motifs is 1. The molecule has 2 heterocycles. The van der Waals surface area contributed by atoms with Crippen molar-refractivity contribution in [1.82, 2.24) is 4.57 Å². The maximum atomic E-state index is 12.5. The molecule has 0 saturated heterocycles. The number of furan rings is 1. The minimum Gasteiger partial charge on any atom is -0.466 e. The molecular formula is C18H16N2O2S. The molecule has 0 saturated carbocycles. The van der Waals surface area contributed by atoms with Crippen LogP contribution in [0, 0.1) is 33.1 Å². The summed E-state index contributed by atoms with van der Waals surface area (Å²) in [6, 6.07) is 7.82. The Labute approximate surface area is 138 Å². The lowest BCUT2D eigenvalue weighted by molar-refractivity contribution is 0.0996. The second-order valence-corrected chi connectivity index (χ2v) is 6.40. The van der Waals surface area contributed by atoms with E-state index in [-0.39, 0.29) is 5.91 Å². The van der Waals surface area contributed by atoms with E-state index in [2.05, 4.69) is 17.0 Å². The van der Waals surface area contributed by atoms with Gasteiger partial charge in [0.25, 0.3) is 5.91 Å². The van der Waals surface area contributed by atoms with Crippen molar-refractivity contribution in [3.05, 3.63) is 51.7 Å². The molecule has 116 valence electrons. The highest BCUT2D eigenvalue weighted by Crippen LogP contribution is 2.19. The molecule has 0 atom stereocenters. The van der Waals surface area contributed by atoms with Crippen LogP contribution in [0.5, 0.6) is 0 Å². The molecule has 0 unspecified atom stereocenters. The van der Waals surface area contributed by atoms with Gasteiger partial charge >= 0.3 is 0 Å². The molecule has 1 amide bonds. The number of nitrogens with zero attached hydrogens (tertiary/aromatic N) is 2. The molecule has 0 aliphatic heterocycles. The molecule has 2 aromatic heterocycles. The SMILES string of the molecule is C#CCn1c(=NC(=O)c2cc(C)oc2C)sc2cc(C)ccc21. The molecule has 0 radical (unpaired) electrons. The first kappa shape index (κ1) is 15.3. The summed E-state index contributed by atoms with van der Waals surface area (Å²) < 4.78 is 8.36. The predicted molar refractivity (Wildman–Crippen MR) is 91.5 cm³/mol. The van der Waals surface area contributed by atoms with Crippen LogP contribution in [0.3, 0.4) is 0 Å². The summed E-state index contributed by atoms with van der Waals surface area (Å²) >= 11 is 1.46. The molecule has 3 aromatic rings. The average molecular weight is 324 g/mol. The van der Waals surface area contributed by atoms with Crippen LogP contribution < -0.4 is 4.80 Å². The van der Waals surface area contributed by atoms with Crippen molar-refractivity contribution in [2.24, 2.45) is 4.99 Å². The van der Waals surface area contributed by atoms with Crippen LogP contribution in [0.4, 0.5) is 0 Å². The van der Waals surface area contributed by atoms with E-state index in [9.17, 15) is 4.79 Å². The van der Waals surface area contributed by atoms with Gasteiger partial charge in [0, 0.05) is 0 Å². The molecule has 0 aliphatic rings. The van der Waals surface area contributed by atoms with Gasteiger partial charge in [0.05, 0.1) is 22.3 Å². The van der Waals surface area contributed by atoms with E-state index >= 15 is 0 Å². The molecule has 0 fully saturated rings. The Bertz CT molecular complexity index is 1010. The van der Waals surface area contributed by atoms with Gasteiger partial charge in [0.15, 0.2) is 4.80 Å². The Hall–Kier alpha value is -2.58. The highest BCUT2D eigenvalue weighted by Gasteiger charge is 2.14. The van der Waals surface area contributed by atoms with Crippen LogP contribution in [0.1, 0.15) is 27.4 Å². The van der Waals surface area contributed by atoms with Gasteiger partial charge in [-0.15, -0.1) is 6.42 Å². The van der Waals surface area contributed by atoms with Gasteiger partial charge in [0.1, 0.15) is 11.5 Å². The topological polar surface area (TPSA) is 47.5 Å². The highest BCUT2D eigenvalue weighted by molar-refractivity contribution is 7.16. The lowest BCUT2D eigenvalue weighted by Crippen LogP contribution is -2.16. The number of aryl methyl sites for hydroxylation is 3. The van der Waals surface area contributed by atoms with Crippen molar-refractivity contribution in [2.75, 3.05) is 0 Å². The first-order valence-corrected chi connectivity index (χ1v) is 8.01. The summed E-state index contributed by atoms with van der Waals surface area (Å²) in [5, 5.41) is 0. The van der Waals surface area contributed by atoms with E-state index in [1.165, 1.54) is 11.3 Å². The number of terminal acetylenes is 1. The Morgan fingerprint density at radius 1 is 1.35 bits per heavy atom. The van der Waals surface area contributed by atoms with Crippen LogP contribution >= 0.6 is 11.3 Å². The molecule has 3 rings (SSSR count). The highest BCUT2D eigenvalue weighted by atomic mass is 32.1. The van der Waals surface area contributed by atoms with Crippen molar-refractivity contribution in [3.8, 4) is 12.3 Å². The number of rotatable bonds is 2. The summed E-state index contributed by atoms with van der Waals surface area (Å²) in [5.74, 6) is 3.59. The summed E-state index contributed by atoms with van der Waals surface area (Å²) in [6.07, 6.45) is 5.47. The average Bonchev–Trinajstić information content (AvgIpc) is 2.99. The van der Waals surface area contributed by atoms with Crippen LogP contribution in [0.2, 0.25) is 0 Å². The van der Waals surface area contributed by atoms with Crippen LogP contribution in [-0.4, -0.2) is 10.5 Å². The van der Waals surface area contributed by atoms with Crippen molar-refractivity contribution in [3.63, 3.8) is 0 Å². The summed E-state index contributed by atoms with van der Waals surface area (Å²) in [4.78, 5) is 17.3. The van der Waals surface area contributed by atoms with Crippen LogP contribution in [0.15, 0.2) is 33.7 Å². The third-order valence-electron chi connectivity index (χ3n) is 3.56. The van der Waals surface area contributed by atoms with Crippen molar-refractivity contribution < 1.29 is 9.21 Å². The number of carbonyl (C=O) groups is 1. The second-order valence-electron chi connectivity index (χ2n) is 5.39. The lowest BCUT2D eigenvalue weighted by Gasteiger charge is -1.99. The van der Waals surface area contributed by atoms with Gasteiger partial charge in [-0.05, 0) is 44.5 Å². The minimum atomic E-state index is -0.312. The number of hydrogen-bond acceptors (Lipinski definition) is 3. The van der Waals surface area contributed by atoms with E-state index in [0.29, 0.717) is 28.4 Å². The molecule has 4 nitrogen and oxygen atoms in total. The molecule has 5 heteroatoms. The van der Waals surface area contributed by atoms with Crippen molar-refractivity contribution >= 4 is 27.5 Å². The predicted octanol–water partition coefficient (Wildman–Crippen LogP) is 3.60. The first-order chi connectivity index (χ1) is 11.0. The van der Waals surface area contributed by atoms with Gasteiger partial charge in [0.2, 0.25) is 0 Å². The molecular weight excluding hydrogens is 308 g/mol. The zero-order chi connectivity index (χ0) is 16.6. The Morgan fingerprint density at radius 2 is 2.13 bits per heavy atom. The standard InChI is InChI=1S/C18H16N2O2S/c1-5-8-20-15-7-6-11(2)9-16(15)23-18(20)19-17(21)14-10-12(3)22-13(14)4/h1,6-7,9-10H,8H2,2-4H3. The maximum Gasteiger partial charge on any atom is 0.283 e. The third kappa shape index (κ3) is 2.86. The van der Waals surface area contributed by atoms with Gasteiger partial charge in [-0.1, -0.05) is 23.3 Å². The number of carbonyl (C=O) groups excluding carboxylic acids is 1. The van der Waals surface area contributed by atoms with E-state index in [4.69, 9.17) is 10.8 Å². The largest absolute Gasteiger partial charge is 0.466 e. The van der Waals surface area contributed by atoms with Gasteiger partial charge in [-0.2, -0.15) is 4.99 Å². The smallest absolute Gasteiger partial charge is 0.283 e. The monoisotopic (exact) mass is 324 g/mol. The zero-order valence-electron chi connectivity index (χ0n) is 13.2. The van der Waals surface area contributed by atoms with Gasteiger partial charge in [-0.3, -0.25) is 4.79 Å². The van der Waals surface area contributed by atoms with Crippen LogP contribution in [0.25, 0.3) is 10.2 Å². The molecule has 23 heavy (non-hydrogen) atoms. The molecule has 0 bridgehead atoms. The number of hydrogen-bond donors (Lipinski definition) is 0. The molecule has 0 spiro atoms. The zero-order valence-corrected chi connectivity index (χ0v) is 14.0. The normalized spacial score (nSPS) is 11.8. The quantitative estimate of drug-likeness (QED) is 0.676. The Kier molecular flexibility index (Phi) is 3.93. The number of thiazole rings is 1. The summed E-state index contributed by atoms with van der Waals surface area (Å²) in [5.41, 5.74) is 2.64. The Balaban J connectivity index is 2.18. The second kappa shape index (κ2) is 5.90. The molecule has 0 N–H and O–H groups in total. The number of aromatic nitrogens is 1. The van der Waals surface area contributed by atoms with Crippen molar-refractivity contribution in [2.45, 2.75) is 27.3 Å². The van der Waals surface area contributed by atoms with E-state index < -0.39 is 0 Å². The first-order valence-electron chi connectivity index (χ1n) is 7.19. The maximum absolute atomic E-state index is 12.5. The molecule has 0 aliphatic carbocycles. The van der Waals surface area contributed by atoms with E-state index in [1.807, 2.05) is 30.5 Å². The lowest BCUT2D eigenvalue weighted by atomic mass is 10.2.